The Labute approximate surface area is 157 Å². The minimum Gasteiger partial charge on any atom is -0.493 e. The highest BCUT2D eigenvalue weighted by Crippen LogP contribution is 2.31. The summed E-state index contributed by atoms with van der Waals surface area (Å²) in [5.74, 6) is 1.23. The summed E-state index contributed by atoms with van der Waals surface area (Å²) in [6, 6.07) is 10.2. The number of nitrogens with zero attached hydrogens (tertiary/aromatic N) is 1. The Morgan fingerprint density at radius 3 is 2.59 bits per heavy atom. The molecule has 0 saturated heterocycles. The Kier molecular flexibility index (Phi) is 7.52. The first kappa shape index (κ1) is 20.6. The fourth-order valence-electron chi connectivity index (χ4n) is 2.36. The number of hydrogen-bond donors (Lipinski definition) is 1. The molecule has 27 heavy (non-hydrogen) atoms. The van der Waals surface area contributed by atoms with Gasteiger partial charge in [0.1, 0.15) is 0 Å². The van der Waals surface area contributed by atoms with Crippen LogP contribution in [0.1, 0.15) is 37.3 Å². The highest BCUT2D eigenvalue weighted by Gasteiger charge is 2.30. The van der Waals surface area contributed by atoms with E-state index in [9.17, 15) is 13.2 Å². The molecule has 0 aromatic heterocycles. The quantitative estimate of drug-likeness (QED) is 0.343. The van der Waals surface area contributed by atoms with Crippen LogP contribution in [-0.4, -0.2) is 19.9 Å². The largest absolute Gasteiger partial charge is 0.493 e. The van der Waals surface area contributed by atoms with Crippen LogP contribution < -0.4 is 14.9 Å². The van der Waals surface area contributed by atoms with E-state index in [-0.39, 0.29) is 5.69 Å². The van der Waals surface area contributed by atoms with Gasteiger partial charge < -0.3 is 9.47 Å². The van der Waals surface area contributed by atoms with Crippen molar-refractivity contribution in [2.45, 2.75) is 32.4 Å². The number of methoxy groups -OCH3 is 1. The van der Waals surface area contributed by atoms with Gasteiger partial charge in [0, 0.05) is 0 Å². The molecule has 7 heteroatoms. The van der Waals surface area contributed by atoms with Gasteiger partial charge in [0.25, 0.3) is 0 Å². The van der Waals surface area contributed by atoms with Crippen molar-refractivity contribution in [1.29, 1.82) is 0 Å². The van der Waals surface area contributed by atoms with Gasteiger partial charge in [0.15, 0.2) is 11.5 Å². The van der Waals surface area contributed by atoms with E-state index in [4.69, 9.17) is 9.47 Å². The third-order valence-corrected chi connectivity index (χ3v) is 3.79. The monoisotopic (exact) mass is 380 g/mol. The van der Waals surface area contributed by atoms with Crippen molar-refractivity contribution in [2.24, 2.45) is 5.10 Å². The standard InChI is InChI=1S/C20H23F3N2O2/c1-3-4-5-11-27-18-10-9-15(12-19(18)26-2)14-24-25-17-8-6-7-16(13-17)20(21,22)23/h6-10,12-14,25H,3-5,11H2,1-2H3. The second-order valence-electron chi connectivity index (χ2n) is 5.91. The predicted octanol–water partition coefficient (Wildman–Crippen LogP) is 5.73. The minimum atomic E-state index is -4.39. The number of halogens is 3. The van der Waals surface area contributed by atoms with E-state index in [0.29, 0.717) is 18.1 Å². The molecule has 0 aliphatic heterocycles. The van der Waals surface area contributed by atoms with Crippen molar-refractivity contribution in [3.8, 4) is 11.5 Å². The van der Waals surface area contributed by atoms with Crippen LogP contribution in [0, 0.1) is 0 Å². The van der Waals surface area contributed by atoms with Gasteiger partial charge in [-0.3, -0.25) is 5.43 Å². The third-order valence-electron chi connectivity index (χ3n) is 3.79. The zero-order valence-corrected chi connectivity index (χ0v) is 15.3. The first-order valence-electron chi connectivity index (χ1n) is 8.71. The number of alkyl halides is 3. The average Bonchev–Trinajstić information content (AvgIpc) is 2.65. The Balaban J connectivity index is 2.00. The van der Waals surface area contributed by atoms with E-state index >= 15 is 0 Å². The number of hydrogen-bond acceptors (Lipinski definition) is 4. The molecule has 0 heterocycles. The molecule has 0 radical (unpaired) electrons. The van der Waals surface area contributed by atoms with Crippen molar-refractivity contribution in [1.82, 2.24) is 0 Å². The normalized spacial score (nSPS) is 11.6. The fourth-order valence-corrected chi connectivity index (χ4v) is 2.36. The first-order chi connectivity index (χ1) is 12.9. The topological polar surface area (TPSA) is 42.8 Å². The van der Waals surface area contributed by atoms with Crippen molar-refractivity contribution >= 4 is 11.9 Å². The molecule has 0 fully saturated rings. The zero-order valence-electron chi connectivity index (χ0n) is 15.3. The molecule has 0 bridgehead atoms. The van der Waals surface area contributed by atoms with Gasteiger partial charge in [-0.25, -0.2) is 0 Å². The molecule has 2 aromatic carbocycles. The van der Waals surface area contributed by atoms with Crippen LogP contribution in [0.4, 0.5) is 18.9 Å². The molecule has 0 aliphatic carbocycles. The molecule has 146 valence electrons. The van der Waals surface area contributed by atoms with Crippen molar-refractivity contribution < 1.29 is 22.6 Å². The maximum absolute atomic E-state index is 12.7. The van der Waals surface area contributed by atoms with Gasteiger partial charge in [-0.1, -0.05) is 25.8 Å². The third kappa shape index (κ3) is 6.51. The van der Waals surface area contributed by atoms with E-state index in [1.807, 2.05) is 0 Å². The van der Waals surface area contributed by atoms with Gasteiger partial charge in [-0.05, 0) is 48.4 Å². The first-order valence-corrected chi connectivity index (χ1v) is 8.71. The summed E-state index contributed by atoms with van der Waals surface area (Å²) in [4.78, 5) is 0. The van der Waals surface area contributed by atoms with E-state index in [0.717, 1.165) is 37.0 Å². The molecule has 1 N–H and O–H groups in total. The van der Waals surface area contributed by atoms with Crippen LogP contribution in [0.25, 0.3) is 0 Å². The molecule has 0 aliphatic rings. The molecular weight excluding hydrogens is 357 g/mol. The number of unbranched alkanes of at least 4 members (excludes halogenated alkanes) is 2. The van der Waals surface area contributed by atoms with Crippen LogP contribution in [-0.2, 0) is 6.18 Å². The Bertz CT molecular complexity index is 761. The number of hydrazone groups is 1. The van der Waals surface area contributed by atoms with Crippen LogP contribution in [0.5, 0.6) is 11.5 Å². The fraction of sp³-hybridized carbons (Fsp3) is 0.350. The van der Waals surface area contributed by atoms with Crippen molar-refractivity contribution in [3.05, 3.63) is 53.6 Å². The summed E-state index contributed by atoms with van der Waals surface area (Å²) in [5.41, 5.74) is 2.86. The summed E-state index contributed by atoms with van der Waals surface area (Å²) in [7, 11) is 1.55. The second kappa shape index (κ2) is 9.85. The van der Waals surface area contributed by atoms with Gasteiger partial charge in [-0.2, -0.15) is 18.3 Å². The number of ether oxygens (including phenoxy) is 2. The Hall–Kier alpha value is -2.70. The highest BCUT2D eigenvalue weighted by molar-refractivity contribution is 5.81. The maximum atomic E-state index is 12.7. The SMILES string of the molecule is CCCCCOc1ccc(C=NNc2cccc(C(F)(F)F)c2)cc1OC. The smallest absolute Gasteiger partial charge is 0.416 e. The molecule has 0 spiro atoms. The maximum Gasteiger partial charge on any atom is 0.416 e. The summed E-state index contributed by atoms with van der Waals surface area (Å²) >= 11 is 0. The van der Waals surface area contributed by atoms with Gasteiger partial charge in [0.2, 0.25) is 0 Å². The zero-order chi connectivity index (χ0) is 19.7. The van der Waals surface area contributed by atoms with Crippen LogP contribution in [0.15, 0.2) is 47.6 Å². The van der Waals surface area contributed by atoms with E-state index < -0.39 is 11.7 Å². The molecule has 0 atom stereocenters. The summed E-state index contributed by atoms with van der Waals surface area (Å²) in [5, 5.41) is 3.99. The molecule has 2 rings (SSSR count). The average molecular weight is 380 g/mol. The lowest BCUT2D eigenvalue weighted by Crippen LogP contribution is -2.05. The Morgan fingerprint density at radius 2 is 1.89 bits per heavy atom. The van der Waals surface area contributed by atoms with Crippen LogP contribution in [0.3, 0.4) is 0 Å². The number of anilines is 1. The number of benzene rings is 2. The van der Waals surface area contributed by atoms with Gasteiger partial charge in [-0.15, -0.1) is 0 Å². The van der Waals surface area contributed by atoms with E-state index in [1.54, 1.807) is 25.3 Å². The van der Waals surface area contributed by atoms with Crippen LogP contribution in [0.2, 0.25) is 0 Å². The molecule has 0 amide bonds. The molecule has 2 aromatic rings. The van der Waals surface area contributed by atoms with Crippen LogP contribution >= 0.6 is 0 Å². The van der Waals surface area contributed by atoms with E-state index in [2.05, 4.69) is 17.5 Å². The number of rotatable bonds is 9. The summed E-state index contributed by atoms with van der Waals surface area (Å²) < 4.78 is 49.2. The Morgan fingerprint density at radius 1 is 1.07 bits per heavy atom. The minimum absolute atomic E-state index is 0.254. The lowest BCUT2D eigenvalue weighted by atomic mass is 10.2. The lowest BCUT2D eigenvalue weighted by Gasteiger charge is -2.11. The molecule has 0 unspecified atom stereocenters. The molecule has 0 saturated carbocycles. The summed E-state index contributed by atoms with van der Waals surface area (Å²) in [6.07, 6.45) is 0.318. The number of nitrogens with one attached hydrogen (secondary N) is 1. The molecule has 4 nitrogen and oxygen atoms in total. The lowest BCUT2D eigenvalue weighted by molar-refractivity contribution is -0.137. The van der Waals surface area contributed by atoms with Gasteiger partial charge >= 0.3 is 6.18 Å². The summed E-state index contributed by atoms with van der Waals surface area (Å²) in [6.45, 7) is 2.75. The van der Waals surface area contributed by atoms with E-state index in [1.165, 1.54) is 18.3 Å². The van der Waals surface area contributed by atoms with Crippen molar-refractivity contribution in [3.63, 3.8) is 0 Å². The van der Waals surface area contributed by atoms with Gasteiger partial charge in [0.05, 0.1) is 31.2 Å². The molecular formula is C20H23F3N2O2. The highest BCUT2D eigenvalue weighted by atomic mass is 19.4. The second-order valence-corrected chi connectivity index (χ2v) is 5.91. The van der Waals surface area contributed by atoms with Crippen molar-refractivity contribution in [2.75, 3.05) is 19.1 Å². The predicted molar refractivity (Wildman–Crippen MR) is 101 cm³/mol.